The highest BCUT2D eigenvalue weighted by atomic mass is 16.3. The van der Waals surface area contributed by atoms with Crippen LogP contribution in [0.2, 0.25) is 0 Å². The number of rotatable bonds is 18. The van der Waals surface area contributed by atoms with E-state index in [4.69, 9.17) is 5.11 Å². The smallest absolute Gasteiger partial charge is 0.0793 e. The van der Waals surface area contributed by atoms with Crippen molar-refractivity contribution in [3.05, 3.63) is 12.3 Å². The summed E-state index contributed by atoms with van der Waals surface area (Å²) in [6.45, 7) is 4.23. The molecule has 1 heterocycles. The minimum absolute atomic E-state index is 0.237. The maximum Gasteiger partial charge on any atom is 0.0793 e. The molecule has 0 amide bonds. The molecule has 2 N–H and O–H groups in total. The van der Waals surface area contributed by atoms with Crippen molar-refractivity contribution in [2.24, 2.45) is 0 Å². The molecule has 0 aromatic heterocycles. The molecule has 0 fully saturated rings. The van der Waals surface area contributed by atoms with Crippen LogP contribution in [0.3, 0.4) is 0 Å². The Hall–Kier alpha value is -0.540. The van der Waals surface area contributed by atoms with Gasteiger partial charge in [0.15, 0.2) is 0 Å². The first kappa shape index (κ1) is 23.5. The van der Waals surface area contributed by atoms with E-state index in [1.54, 1.807) is 0 Å². The minimum atomic E-state index is 0.237. The summed E-state index contributed by atoms with van der Waals surface area (Å²) >= 11 is 0. The number of nitrogens with one attached hydrogen (secondary N) is 1. The molecule has 1 unspecified atom stereocenters. The molecular weight excluding hydrogens is 320 g/mol. The molecular formula is C23H46N2O. The van der Waals surface area contributed by atoms with Crippen LogP contribution in [0.4, 0.5) is 0 Å². The van der Waals surface area contributed by atoms with E-state index in [2.05, 4.69) is 29.4 Å². The lowest BCUT2D eigenvalue weighted by atomic mass is 10.0. The lowest BCUT2D eigenvalue weighted by Gasteiger charge is -2.33. The first-order chi connectivity index (χ1) is 12.9. The van der Waals surface area contributed by atoms with Crippen molar-refractivity contribution in [1.29, 1.82) is 0 Å². The summed E-state index contributed by atoms with van der Waals surface area (Å²) in [4.78, 5) is 2.24. The molecule has 0 spiro atoms. The third-order valence-corrected chi connectivity index (χ3v) is 5.61. The number of β-amino-alcohol motifs (C(OH)–C–C–N with tert-alkyl or cyclic N) is 1. The highest BCUT2D eigenvalue weighted by Crippen LogP contribution is 2.15. The molecule has 0 saturated carbocycles. The van der Waals surface area contributed by atoms with Crippen LogP contribution >= 0.6 is 0 Å². The van der Waals surface area contributed by atoms with E-state index in [1.165, 1.54) is 103 Å². The van der Waals surface area contributed by atoms with Gasteiger partial charge in [0.05, 0.1) is 12.8 Å². The third-order valence-electron chi connectivity index (χ3n) is 5.61. The molecule has 0 saturated heterocycles. The van der Waals surface area contributed by atoms with Crippen molar-refractivity contribution < 1.29 is 5.11 Å². The summed E-state index contributed by atoms with van der Waals surface area (Å²) < 4.78 is 0. The molecule has 1 aliphatic heterocycles. The van der Waals surface area contributed by atoms with E-state index in [0.717, 1.165) is 13.1 Å². The number of aliphatic hydroxyl groups excluding tert-OH is 1. The Morgan fingerprint density at radius 3 is 1.81 bits per heavy atom. The van der Waals surface area contributed by atoms with Gasteiger partial charge in [0, 0.05) is 13.1 Å². The van der Waals surface area contributed by atoms with Crippen molar-refractivity contribution in [1.82, 2.24) is 10.2 Å². The molecule has 0 aromatic carbocycles. The van der Waals surface area contributed by atoms with Gasteiger partial charge in [-0.1, -0.05) is 109 Å². The topological polar surface area (TPSA) is 35.5 Å². The number of nitrogens with zero attached hydrogens (tertiary/aromatic N) is 1. The van der Waals surface area contributed by atoms with Gasteiger partial charge in [-0.15, -0.1) is 0 Å². The van der Waals surface area contributed by atoms with Crippen molar-refractivity contribution >= 4 is 0 Å². The Bertz CT molecular complexity index is 319. The Morgan fingerprint density at radius 1 is 0.808 bits per heavy atom. The summed E-state index contributed by atoms with van der Waals surface area (Å²) in [6, 6.07) is 0. The van der Waals surface area contributed by atoms with Crippen LogP contribution in [0, 0.1) is 0 Å². The van der Waals surface area contributed by atoms with E-state index in [1.807, 2.05) is 0 Å². The maximum absolute atomic E-state index is 9.14. The molecule has 3 heteroatoms. The summed E-state index contributed by atoms with van der Waals surface area (Å²) in [6.07, 6.45) is 27.2. The zero-order chi connectivity index (χ0) is 18.7. The van der Waals surface area contributed by atoms with E-state index in [-0.39, 0.29) is 6.61 Å². The highest BCUT2D eigenvalue weighted by molar-refractivity contribution is 4.93. The molecule has 0 aromatic rings. The molecule has 1 rings (SSSR count). The first-order valence-electron chi connectivity index (χ1n) is 11.6. The van der Waals surface area contributed by atoms with Gasteiger partial charge < -0.3 is 10.0 Å². The van der Waals surface area contributed by atoms with E-state index in [9.17, 15) is 0 Å². The monoisotopic (exact) mass is 366 g/mol. The second-order valence-electron chi connectivity index (χ2n) is 8.01. The SMILES string of the molecule is CCCCCCCCCCCCCCCCCC1NCC=CN1CCO. The average molecular weight is 367 g/mol. The van der Waals surface area contributed by atoms with Crippen LogP contribution in [0.1, 0.15) is 110 Å². The molecule has 1 atom stereocenters. The van der Waals surface area contributed by atoms with Gasteiger partial charge in [0.2, 0.25) is 0 Å². The van der Waals surface area contributed by atoms with Crippen LogP contribution in [0.15, 0.2) is 12.3 Å². The first-order valence-corrected chi connectivity index (χ1v) is 11.6. The summed E-state index contributed by atoms with van der Waals surface area (Å²) in [7, 11) is 0. The van der Waals surface area contributed by atoms with Crippen molar-refractivity contribution in [3.63, 3.8) is 0 Å². The molecule has 26 heavy (non-hydrogen) atoms. The zero-order valence-electron chi connectivity index (χ0n) is 17.6. The largest absolute Gasteiger partial charge is 0.395 e. The third kappa shape index (κ3) is 12.8. The lowest BCUT2D eigenvalue weighted by molar-refractivity contribution is 0.164. The van der Waals surface area contributed by atoms with E-state index < -0.39 is 0 Å². The van der Waals surface area contributed by atoms with E-state index in [0.29, 0.717) is 6.17 Å². The van der Waals surface area contributed by atoms with Crippen molar-refractivity contribution in [3.8, 4) is 0 Å². The second kappa shape index (κ2) is 17.9. The fourth-order valence-corrected chi connectivity index (χ4v) is 3.94. The quantitative estimate of drug-likeness (QED) is 0.293. The van der Waals surface area contributed by atoms with Crippen LogP contribution in [-0.4, -0.2) is 35.9 Å². The van der Waals surface area contributed by atoms with Crippen molar-refractivity contribution in [2.45, 2.75) is 116 Å². The predicted octanol–water partition coefficient (Wildman–Crippen LogP) is 5.99. The maximum atomic E-state index is 9.14. The molecule has 3 nitrogen and oxygen atoms in total. The Labute approximate surface area is 163 Å². The summed E-state index contributed by atoms with van der Waals surface area (Å²) in [5.41, 5.74) is 0. The molecule has 1 aliphatic rings. The minimum Gasteiger partial charge on any atom is -0.395 e. The highest BCUT2D eigenvalue weighted by Gasteiger charge is 2.15. The molecule has 0 aliphatic carbocycles. The van der Waals surface area contributed by atoms with Crippen LogP contribution < -0.4 is 5.32 Å². The van der Waals surface area contributed by atoms with Gasteiger partial charge in [-0.2, -0.15) is 0 Å². The summed E-state index contributed by atoms with van der Waals surface area (Å²) in [5, 5.41) is 12.7. The number of aliphatic hydroxyl groups is 1. The van der Waals surface area contributed by atoms with Crippen LogP contribution in [0.5, 0.6) is 0 Å². The van der Waals surface area contributed by atoms with E-state index >= 15 is 0 Å². The van der Waals surface area contributed by atoms with Crippen LogP contribution in [0.25, 0.3) is 0 Å². The fourth-order valence-electron chi connectivity index (χ4n) is 3.94. The standard InChI is InChI=1S/C23H46N2O/c1-2-3-4-5-6-7-8-9-10-11-12-13-14-15-16-18-23-24-19-17-20-25(23)21-22-26/h17,20,23-24,26H,2-16,18-19,21-22H2,1H3. The lowest BCUT2D eigenvalue weighted by Crippen LogP contribution is -2.46. The van der Waals surface area contributed by atoms with Gasteiger partial charge >= 0.3 is 0 Å². The zero-order valence-corrected chi connectivity index (χ0v) is 17.6. The second-order valence-corrected chi connectivity index (χ2v) is 8.01. The average Bonchev–Trinajstić information content (AvgIpc) is 2.66. The van der Waals surface area contributed by atoms with Crippen molar-refractivity contribution in [2.75, 3.05) is 19.7 Å². The van der Waals surface area contributed by atoms with Gasteiger partial charge in [0.25, 0.3) is 0 Å². The van der Waals surface area contributed by atoms with Crippen LogP contribution in [-0.2, 0) is 0 Å². The Kier molecular flexibility index (Phi) is 16.1. The summed E-state index contributed by atoms with van der Waals surface area (Å²) in [5.74, 6) is 0. The number of unbranched alkanes of at least 4 members (excludes halogenated alkanes) is 14. The van der Waals surface area contributed by atoms with Gasteiger partial charge in [-0.25, -0.2) is 0 Å². The number of hydrogen-bond acceptors (Lipinski definition) is 3. The Morgan fingerprint density at radius 2 is 1.31 bits per heavy atom. The molecule has 0 radical (unpaired) electrons. The van der Waals surface area contributed by atoms with Gasteiger partial charge in [-0.3, -0.25) is 5.32 Å². The number of hydrogen-bond donors (Lipinski definition) is 2. The molecule has 154 valence electrons. The predicted molar refractivity (Wildman–Crippen MR) is 114 cm³/mol. The Balaban J connectivity index is 1.80. The van der Waals surface area contributed by atoms with Gasteiger partial charge in [0.1, 0.15) is 0 Å². The molecule has 0 bridgehead atoms. The van der Waals surface area contributed by atoms with Gasteiger partial charge in [-0.05, 0) is 12.6 Å². The fraction of sp³-hybridized carbons (Fsp3) is 0.913. The normalized spacial score (nSPS) is 17.2.